The normalized spacial score (nSPS) is 17.2. The third-order valence-electron chi connectivity index (χ3n) is 3.86. The van der Waals surface area contributed by atoms with E-state index >= 15 is 0 Å². The van der Waals surface area contributed by atoms with E-state index in [1.807, 2.05) is 6.92 Å². The van der Waals surface area contributed by atoms with E-state index in [-0.39, 0.29) is 11.9 Å². The molecule has 0 saturated heterocycles. The number of carbonyl (C=O) groups is 1. The molecule has 0 heterocycles. The Morgan fingerprint density at radius 1 is 1.26 bits per heavy atom. The van der Waals surface area contributed by atoms with Crippen LogP contribution in [0.2, 0.25) is 0 Å². The molecule has 104 valence electrons. The number of hydrogen-bond acceptors (Lipinski definition) is 2. The average Bonchev–Trinajstić information content (AvgIpc) is 2.86. The van der Waals surface area contributed by atoms with Crippen LogP contribution in [0.5, 0.6) is 0 Å². The first kappa shape index (κ1) is 13.9. The minimum absolute atomic E-state index is 0.104. The van der Waals surface area contributed by atoms with E-state index in [1.54, 1.807) is 0 Å². The predicted octanol–water partition coefficient (Wildman–Crippen LogP) is 3.16. The van der Waals surface area contributed by atoms with Crippen LogP contribution in [-0.2, 0) is 4.79 Å². The van der Waals surface area contributed by atoms with Gasteiger partial charge in [0.1, 0.15) is 6.04 Å². The lowest BCUT2D eigenvalue weighted by Gasteiger charge is -2.20. The first-order valence-electron chi connectivity index (χ1n) is 7.20. The van der Waals surface area contributed by atoms with Crippen molar-refractivity contribution in [3.63, 3.8) is 0 Å². The lowest BCUT2D eigenvalue weighted by Crippen LogP contribution is -2.42. The summed E-state index contributed by atoms with van der Waals surface area (Å²) >= 11 is 0. The summed E-state index contributed by atoms with van der Waals surface area (Å²) in [5.74, 6) is 0.104. The molecule has 1 aliphatic rings. The predicted molar refractivity (Wildman–Crippen MR) is 79.4 cm³/mol. The summed E-state index contributed by atoms with van der Waals surface area (Å²) in [5.41, 5.74) is 3.43. The molecular formula is C16H24N2O. The Hall–Kier alpha value is -1.51. The van der Waals surface area contributed by atoms with E-state index in [1.165, 1.54) is 24.0 Å². The zero-order valence-electron chi connectivity index (χ0n) is 12.1. The molecule has 2 rings (SSSR count). The van der Waals surface area contributed by atoms with Crippen molar-refractivity contribution < 1.29 is 4.79 Å². The van der Waals surface area contributed by atoms with Gasteiger partial charge >= 0.3 is 0 Å². The van der Waals surface area contributed by atoms with Crippen LogP contribution in [0.4, 0.5) is 5.69 Å². The molecule has 0 aliphatic heterocycles. The highest BCUT2D eigenvalue weighted by Crippen LogP contribution is 2.19. The Labute approximate surface area is 115 Å². The van der Waals surface area contributed by atoms with Gasteiger partial charge in [-0.15, -0.1) is 0 Å². The van der Waals surface area contributed by atoms with E-state index in [4.69, 9.17) is 0 Å². The maximum atomic E-state index is 12.1. The molecule has 3 nitrogen and oxygen atoms in total. The van der Waals surface area contributed by atoms with Crippen LogP contribution >= 0.6 is 0 Å². The zero-order chi connectivity index (χ0) is 13.8. The number of carbonyl (C=O) groups excluding carboxylic acids is 1. The highest BCUT2D eigenvalue weighted by molar-refractivity contribution is 5.84. The zero-order valence-corrected chi connectivity index (χ0v) is 12.1. The van der Waals surface area contributed by atoms with Gasteiger partial charge in [0, 0.05) is 11.7 Å². The molecule has 0 bridgehead atoms. The van der Waals surface area contributed by atoms with Gasteiger partial charge in [-0.3, -0.25) is 4.79 Å². The van der Waals surface area contributed by atoms with Gasteiger partial charge in [0.15, 0.2) is 0 Å². The van der Waals surface area contributed by atoms with E-state index in [2.05, 4.69) is 42.7 Å². The maximum absolute atomic E-state index is 12.1. The first-order valence-corrected chi connectivity index (χ1v) is 7.20. The molecular weight excluding hydrogens is 236 g/mol. The van der Waals surface area contributed by atoms with Crippen LogP contribution in [-0.4, -0.2) is 18.0 Å². The van der Waals surface area contributed by atoms with Crippen molar-refractivity contribution in [1.29, 1.82) is 0 Å². The van der Waals surface area contributed by atoms with E-state index in [0.29, 0.717) is 6.04 Å². The second kappa shape index (κ2) is 6.09. The minimum atomic E-state index is -0.193. The van der Waals surface area contributed by atoms with Crippen LogP contribution in [0, 0.1) is 13.8 Å². The molecule has 1 fully saturated rings. The summed E-state index contributed by atoms with van der Waals surface area (Å²) in [4.78, 5) is 12.1. The quantitative estimate of drug-likeness (QED) is 0.873. The average molecular weight is 260 g/mol. The summed E-state index contributed by atoms with van der Waals surface area (Å²) < 4.78 is 0. The lowest BCUT2D eigenvalue weighted by molar-refractivity contribution is -0.122. The minimum Gasteiger partial charge on any atom is -0.374 e. The van der Waals surface area contributed by atoms with Crippen LogP contribution in [0.15, 0.2) is 18.2 Å². The second-order valence-corrected chi connectivity index (χ2v) is 5.67. The summed E-state index contributed by atoms with van der Waals surface area (Å²) in [5, 5.41) is 6.44. The Morgan fingerprint density at radius 2 is 1.95 bits per heavy atom. The number of amides is 1. The van der Waals surface area contributed by atoms with Crippen molar-refractivity contribution in [2.45, 2.75) is 58.5 Å². The Morgan fingerprint density at radius 3 is 2.63 bits per heavy atom. The monoisotopic (exact) mass is 260 g/mol. The SMILES string of the molecule is Cc1ccc(C)c(N[C@H](C)C(=O)NC2CCCC2)c1. The molecule has 0 radical (unpaired) electrons. The van der Waals surface area contributed by atoms with Gasteiger partial charge in [0.2, 0.25) is 5.91 Å². The van der Waals surface area contributed by atoms with Gasteiger partial charge in [-0.05, 0) is 50.8 Å². The number of hydrogen-bond donors (Lipinski definition) is 2. The molecule has 1 atom stereocenters. The molecule has 1 aliphatic carbocycles. The molecule has 2 N–H and O–H groups in total. The standard InChI is InChI=1S/C16H24N2O/c1-11-8-9-12(2)15(10-11)17-13(3)16(19)18-14-6-4-5-7-14/h8-10,13-14,17H,4-7H2,1-3H3,(H,18,19)/t13-/m1/s1. The largest absolute Gasteiger partial charge is 0.374 e. The fraction of sp³-hybridized carbons (Fsp3) is 0.562. The Balaban J connectivity index is 1.93. The lowest BCUT2D eigenvalue weighted by atomic mass is 10.1. The van der Waals surface area contributed by atoms with Gasteiger partial charge in [0.25, 0.3) is 0 Å². The highest BCUT2D eigenvalue weighted by atomic mass is 16.2. The Kier molecular flexibility index (Phi) is 4.46. The molecule has 19 heavy (non-hydrogen) atoms. The van der Waals surface area contributed by atoms with Gasteiger partial charge < -0.3 is 10.6 Å². The third-order valence-corrected chi connectivity index (χ3v) is 3.86. The topological polar surface area (TPSA) is 41.1 Å². The molecule has 0 unspecified atom stereocenters. The number of nitrogens with one attached hydrogen (secondary N) is 2. The van der Waals surface area contributed by atoms with Gasteiger partial charge in [-0.25, -0.2) is 0 Å². The van der Waals surface area contributed by atoms with Crippen molar-refractivity contribution in [2.24, 2.45) is 0 Å². The highest BCUT2D eigenvalue weighted by Gasteiger charge is 2.20. The maximum Gasteiger partial charge on any atom is 0.242 e. The van der Waals surface area contributed by atoms with Crippen molar-refractivity contribution >= 4 is 11.6 Å². The fourth-order valence-electron chi connectivity index (χ4n) is 2.59. The molecule has 3 heteroatoms. The smallest absolute Gasteiger partial charge is 0.242 e. The van der Waals surface area contributed by atoms with E-state index < -0.39 is 0 Å². The van der Waals surface area contributed by atoms with Crippen molar-refractivity contribution in [3.8, 4) is 0 Å². The van der Waals surface area contributed by atoms with E-state index in [9.17, 15) is 4.79 Å². The number of benzene rings is 1. The van der Waals surface area contributed by atoms with Gasteiger partial charge in [-0.2, -0.15) is 0 Å². The summed E-state index contributed by atoms with van der Waals surface area (Å²) in [6.45, 7) is 6.04. The van der Waals surface area contributed by atoms with Gasteiger partial charge in [0.05, 0.1) is 0 Å². The Bertz CT molecular complexity index is 450. The number of rotatable bonds is 4. The van der Waals surface area contributed by atoms with Crippen LogP contribution < -0.4 is 10.6 Å². The molecule has 0 aromatic heterocycles. The number of aryl methyl sites for hydroxylation is 2. The summed E-state index contributed by atoms with van der Waals surface area (Å²) in [7, 11) is 0. The molecule has 1 aromatic carbocycles. The second-order valence-electron chi connectivity index (χ2n) is 5.67. The third kappa shape index (κ3) is 3.72. The molecule has 0 spiro atoms. The van der Waals surface area contributed by atoms with Gasteiger partial charge in [-0.1, -0.05) is 25.0 Å². The van der Waals surface area contributed by atoms with Crippen molar-refractivity contribution in [1.82, 2.24) is 5.32 Å². The van der Waals surface area contributed by atoms with Crippen LogP contribution in [0.1, 0.15) is 43.7 Å². The van der Waals surface area contributed by atoms with E-state index in [0.717, 1.165) is 18.5 Å². The first-order chi connectivity index (χ1) is 9.06. The molecule has 1 amide bonds. The fourth-order valence-corrected chi connectivity index (χ4v) is 2.59. The number of anilines is 1. The van der Waals surface area contributed by atoms with Crippen LogP contribution in [0.3, 0.4) is 0 Å². The molecule has 1 saturated carbocycles. The van der Waals surface area contributed by atoms with Crippen molar-refractivity contribution in [3.05, 3.63) is 29.3 Å². The van der Waals surface area contributed by atoms with Crippen molar-refractivity contribution in [2.75, 3.05) is 5.32 Å². The summed E-state index contributed by atoms with van der Waals surface area (Å²) in [6, 6.07) is 6.45. The van der Waals surface area contributed by atoms with Crippen LogP contribution in [0.25, 0.3) is 0 Å². The molecule has 1 aromatic rings. The summed E-state index contributed by atoms with van der Waals surface area (Å²) in [6.07, 6.45) is 4.73.